The third kappa shape index (κ3) is 6.13. The normalized spacial score (nSPS) is 38.0. The van der Waals surface area contributed by atoms with Crippen LogP contribution in [0.1, 0.15) is 20.3 Å². The van der Waals surface area contributed by atoms with Crippen LogP contribution >= 0.6 is 0 Å². The average molecular weight is 442 g/mol. The van der Waals surface area contributed by atoms with Crippen molar-refractivity contribution in [2.24, 2.45) is 0 Å². The van der Waals surface area contributed by atoms with Crippen LogP contribution in [-0.4, -0.2) is 102 Å². The average Bonchev–Trinajstić information content (AvgIpc) is 3.02. The van der Waals surface area contributed by atoms with Gasteiger partial charge in [-0.05, 0) is 13.3 Å². The minimum absolute atomic E-state index is 0.174. The van der Waals surface area contributed by atoms with E-state index in [2.05, 4.69) is 14.8 Å². The third-order valence-electron chi connectivity index (χ3n) is 4.78. The molecule has 1 amide bonds. The summed E-state index contributed by atoms with van der Waals surface area (Å²) in [5.74, 6) is -0.781. The summed E-state index contributed by atoms with van der Waals surface area (Å²) in [7, 11) is -5.01. The summed E-state index contributed by atoms with van der Waals surface area (Å²) in [6.45, 7) is 1.34. The van der Waals surface area contributed by atoms with Gasteiger partial charge in [0.2, 0.25) is 5.91 Å². The van der Waals surface area contributed by atoms with E-state index >= 15 is 0 Å². The number of amides is 1. The quantitative estimate of drug-likeness (QED) is 0.202. The van der Waals surface area contributed by atoms with Crippen molar-refractivity contribution < 1.29 is 51.5 Å². The van der Waals surface area contributed by atoms with Gasteiger partial charge in [-0.1, -0.05) is 0 Å². The van der Waals surface area contributed by atoms with Gasteiger partial charge in [0.15, 0.2) is 6.29 Å². The molecule has 0 aromatic rings. The molecule has 29 heavy (non-hydrogen) atoms. The molecule has 2 fully saturated rings. The van der Waals surface area contributed by atoms with Crippen molar-refractivity contribution in [1.82, 2.24) is 10.6 Å². The zero-order valence-electron chi connectivity index (χ0n) is 15.8. The van der Waals surface area contributed by atoms with Gasteiger partial charge in [0, 0.05) is 6.92 Å². The fraction of sp³-hybridized carbons (Fsp3) is 0.867. The van der Waals surface area contributed by atoms with Crippen LogP contribution in [-0.2, 0) is 33.6 Å². The molecule has 2 heterocycles. The van der Waals surface area contributed by atoms with Crippen molar-refractivity contribution in [3.63, 3.8) is 0 Å². The number of hydrogen-bond donors (Lipinski definition) is 6. The van der Waals surface area contributed by atoms with Gasteiger partial charge >= 0.3 is 10.4 Å². The van der Waals surface area contributed by atoms with E-state index in [4.69, 9.17) is 14.0 Å². The monoisotopic (exact) mass is 442 g/mol. The second-order valence-corrected chi connectivity index (χ2v) is 8.01. The first-order valence-corrected chi connectivity index (χ1v) is 10.2. The lowest BCUT2D eigenvalue weighted by molar-refractivity contribution is -0.279. The van der Waals surface area contributed by atoms with Gasteiger partial charge in [0.25, 0.3) is 0 Å². The minimum atomic E-state index is -5.01. The molecule has 2 saturated heterocycles. The summed E-state index contributed by atoms with van der Waals surface area (Å²) < 4.78 is 46.8. The van der Waals surface area contributed by atoms with E-state index < -0.39 is 71.7 Å². The van der Waals surface area contributed by atoms with Crippen LogP contribution in [0.2, 0.25) is 0 Å². The Morgan fingerprint density at radius 1 is 1.24 bits per heavy atom. The van der Waals surface area contributed by atoms with Crippen LogP contribution in [0.15, 0.2) is 0 Å². The predicted molar refractivity (Wildman–Crippen MR) is 93.7 cm³/mol. The molecule has 0 aliphatic carbocycles. The molecule has 6 N–H and O–H groups in total. The molecule has 0 radical (unpaired) electrons. The van der Waals surface area contributed by atoms with Crippen LogP contribution in [0.25, 0.3) is 0 Å². The highest BCUT2D eigenvalue weighted by Gasteiger charge is 2.50. The molecule has 0 aromatic heterocycles. The lowest BCUT2D eigenvalue weighted by atomic mass is 9.96. The number of rotatable bonds is 8. The Bertz CT molecular complexity index is 702. The van der Waals surface area contributed by atoms with Gasteiger partial charge in [-0.15, -0.1) is 0 Å². The Kier molecular flexibility index (Phi) is 8.06. The van der Waals surface area contributed by atoms with Gasteiger partial charge in [-0.25, -0.2) is 4.18 Å². The Morgan fingerprint density at radius 3 is 2.38 bits per heavy atom. The first-order chi connectivity index (χ1) is 13.5. The molecule has 2 rings (SSSR count). The number of hydrogen-bond acceptors (Lipinski definition) is 11. The molecule has 0 saturated carbocycles. The van der Waals surface area contributed by atoms with Gasteiger partial charge in [-0.3, -0.25) is 19.5 Å². The fourth-order valence-corrected chi connectivity index (χ4v) is 3.96. The van der Waals surface area contributed by atoms with Crippen molar-refractivity contribution in [3.05, 3.63) is 0 Å². The maximum atomic E-state index is 11.6. The largest absolute Gasteiger partial charge is 0.397 e. The first-order valence-electron chi connectivity index (χ1n) is 8.86. The highest BCUT2D eigenvalue weighted by atomic mass is 32.3. The van der Waals surface area contributed by atoms with Crippen LogP contribution in [0.3, 0.4) is 0 Å². The number of aliphatic hydroxyl groups is 3. The minimum Gasteiger partial charge on any atom is -0.395 e. The summed E-state index contributed by atoms with van der Waals surface area (Å²) in [5.41, 5.74) is 0. The van der Waals surface area contributed by atoms with E-state index in [9.17, 15) is 33.3 Å². The molecular formula is C15H26N2O11S. The first kappa shape index (κ1) is 24.0. The van der Waals surface area contributed by atoms with Crippen molar-refractivity contribution >= 4 is 22.1 Å². The Morgan fingerprint density at radius 2 is 1.90 bits per heavy atom. The molecule has 8 atom stereocenters. The van der Waals surface area contributed by atoms with E-state index in [0.717, 1.165) is 6.92 Å². The van der Waals surface area contributed by atoms with Crippen molar-refractivity contribution in [2.75, 3.05) is 13.2 Å². The van der Waals surface area contributed by atoms with Crippen molar-refractivity contribution in [2.45, 2.75) is 69.1 Å². The summed E-state index contributed by atoms with van der Waals surface area (Å²) in [4.78, 5) is 23.2. The van der Waals surface area contributed by atoms with Crippen LogP contribution in [0.4, 0.5) is 0 Å². The highest BCUT2D eigenvalue weighted by Crippen LogP contribution is 2.29. The summed E-state index contributed by atoms with van der Waals surface area (Å²) >= 11 is 0. The smallest absolute Gasteiger partial charge is 0.395 e. The number of ketones is 1. The molecule has 13 nitrogen and oxygen atoms in total. The second kappa shape index (κ2) is 9.72. The topological polar surface area (TPSA) is 201 Å². The number of carbonyl (C=O) groups is 2. The number of nitrogens with one attached hydrogen (secondary N) is 2. The molecule has 2 aliphatic heterocycles. The standard InChI is InChI=1S/C15H26N2O11S/c1-6(20)8-3-10(9(4-18)17-8)26-15-12(16-7(2)21)13(22)14(11(5-19)27-15)28-29(23,24)25/h8-15,17-19,22H,3-5H2,1-2H3,(H,16,21)(H,23,24,25). The lowest BCUT2D eigenvalue weighted by Gasteiger charge is -2.44. The zero-order valence-corrected chi connectivity index (χ0v) is 16.6. The summed E-state index contributed by atoms with van der Waals surface area (Å²) in [5, 5.41) is 34.8. The number of Topliss-reactive ketones (excluding diaryl/α,β-unsaturated/α-hetero) is 1. The van der Waals surface area contributed by atoms with E-state index in [1.807, 2.05) is 0 Å². The molecule has 168 valence electrons. The van der Waals surface area contributed by atoms with E-state index in [0.29, 0.717) is 0 Å². The van der Waals surface area contributed by atoms with Gasteiger partial charge in [0.1, 0.15) is 30.1 Å². The molecule has 2 aliphatic rings. The molecule has 14 heteroatoms. The van der Waals surface area contributed by atoms with Gasteiger partial charge < -0.3 is 30.1 Å². The SMILES string of the molecule is CC(=O)NC1C(OC2CC(C(C)=O)NC2CO)OC(CO)C(OS(=O)(=O)O)C1O. The van der Waals surface area contributed by atoms with Gasteiger partial charge in [-0.2, -0.15) is 8.42 Å². The summed E-state index contributed by atoms with van der Waals surface area (Å²) in [6.07, 6.45) is -6.85. The number of ether oxygens (including phenoxy) is 2. The molecule has 0 aromatic carbocycles. The fourth-order valence-electron chi connectivity index (χ4n) is 3.44. The maximum Gasteiger partial charge on any atom is 0.397 e. The molecular weight excluding hydrogens is 416 g/mol. The van der Waals surface area contributed by atoms with E-state index in [1.165, 1.54) is 6.92 Å². The van der Waals surface area contributed by atoms with Crippen LogP contribution in [0.5, 0.6) is 0 Å². The van der Waals surface area contributed by atoms with Gasteiger partial charge in [0.05, 0.1) is 31.4 Å². The molecule has 0 bridgehead atoms. The van der Waals surface area contributed by atoms with Crippen molar-refractivity contribution in [3.8, 4) is 0 Å². The number of aliphatic hydroxyl groups excluding tert-OH is 3. The maximum absolute atomic E-state index is 11.6. The third-order valence-corrected chi connectivity index (χ3v) is 5.25. The van der Waals surface area contributed by atoms with Crippen LogP contribution in [0, 0.1) is 0 Å². The predicted octanol–water partition coefficient (Wildman–Crippen LogP) is -3.55. The Labute approximate surface area is 167 Å². The Balaban J connectivity index is 2.24. The Hall–Kier alpha value is -1.23. The second-order valence-electron chi connectivity index (χ2n) is 6.96. The van der Waals surface area contributed by atoms with Crippen LogP contribution < -0.4 is 10.6 Å². The van der Waals surface area contributed by atoms with E-state index in [-0.39, 0.29) is 18.8 Å². The number of carbonyl (C=O) groups excluding carboxylic acids is 2. The highest BCUT2D eigenvalue weighted by molar-refractivity contribution is 7.80. The van der Waals surface area contributed by atoms with Crippen molar-refractivity contribution in [1.29, 1.82) is 0 Å². The summed E-state index contributed by atoms with van der Waals surface area (Å²) in [6, 6.07) is -2.55. The molecule has 8 unspecified atom stereocenters. The zero-order chi connectivity index (χ0) is 21.9. The molecule has 0 spiro atoms. The lowest BCUT2D eigenvalue weighted by Crippen LogP contribution is -2.66. The van der Waals surface area contributed by atoms with E-state index in [1.54, 1.807) is 0 Å².